The van der Waals surface area contributed by atoms with Crippen LogP contribution in [0.1, 0.15) is 38.3 Å². The SMILES string of the molecule is CCC(C(=O)NC(C)C)N(Cc1ccccc1)C(=O)CN(c1ccc(OC)c(Cl)c1)S(=O)(=O)c1ccc(C)cc1. The molecule has 214 valence electrons. The average Bonchev–Trinajstić information content (AvgIpc) is 2.91. The van der Waals surface area contributed by atoms with Crippen molar-refractivity contribution in [1.29, 1.82) is 0 Å². The lowest BCUT2D eigenvalue weighted by Crippen LogP contribution is -2.53. The standard InChI is InChI=1S/C30H36ClN3O5S/c1-6-27(30(36)32-21(2)3)33(19-23-10-8-7-9-11-23)29(35)20-34(24-14-17-28(39-5)26(31)18-24)40(37,38)25-15-12-22(4)13-16-25/h7-18,21,27H,6,19-20H2,1-5H3,(H,32,36). The van der Waals surface area contributed by atoms with E-state index in [9.17, 15) is 18.0 Å². The molecule has 0 bridgehead atoms. The number of sulfonamides is 1. The number of benzene rings is 3. The van der Waals surface area contributed by atoms with Crippen LogP contribution >= 0.6 is 11.6 Å². The highest BCUT2D eigenvalue weighted by Gasteiger charge is 2.34. The summed E-state index contributed by atoms with van der Waals surface area (Å²) in [5.41, 5.74) is 1.90. The van der Waals surface area contributed by atoms with E-state index in [2.05, 4.69) is 5.32 Å². The Morgan fingerprint density at radius 3 is 2.20 bits per heavy atom. The second kappa shape index (κ2) is 13.7. The van der Waals surface area contributed by atoms with Crippen LogP contribution in [0, 0.1) is 6.92 Å². The summed E-state index contributed by atoms with van der Waals surface area (Å²) in [7, 11) is -2.74. The topological polar surface area (TPSA) is 96.0 Å². The van der Waals surface area contributed by atoms with Crippen LogP contribution in [-0.4, -0.2) is 50.9 Å². The number of hydrogen-bond donors (Lipinski definition) is 1. The first-order valence-electron chi connectivity index (χ1n) is 13.0. The summed E-state index contributed by atoms with van der Waals surface area (Å²) in [4.78, 5) is 28.7. The Labute approximate surface area is 241 Å². The highest BCUT2D eigenvalue weighted by atomic mass is 35.5. The van der Waals surface area contributed by atoms with Gasteiger partial charge >= 0.3 is 0 Å². The smallest absolute Gasteiger partial charge is 0.264 e. The summed E-state index contributed by atoms with van der Waals surface area (Å²) in [5, 5.41) is 3.08. The van der Waals surface area contributed by atoms with Gasteiger partial charge < -0.3 is 15.0 Å². The minimum absolute atomic E-state index is 0.0250. The number of aryl methyl sites for hydroxylation is 1. The maximum Gasteiger partial charge on any atom is 0.264 e. The molecule has 10 heteroatoms. The second-order valence-electron chi connectivity index (χ2n) is 9.74. The first-order valence-corrected chi connectivity index (χ1v) is 14.9. The number of rotatable bonds is 12. The van der Waals surface area contributed by atoms with Crippen molar-refractivity contribution >= 4 is 39.1 Å². The zero-order valence-corrected chi connectivity index (χ0v) is 25.0. The minimum atomic E-state index is -4.19. The van der Waals surface area contributed by atoms with E-state index in [0.29, 0.717) is 12.2 Å². The number of hydrogen-bond acceptors (Lipinski definition) is 5. The van der Waals surface area contributed by atoms with Gasteiger partial charge in [-0.1, -0.05) is 66.6 Å². The van der Waals surface area contributed by atoms with E-state index < -0.39 is 28.5 Å². The van der Waals surface area contributed by atoms with Gasteiger partial charge in [0.1, 0.15) is 18.3 Å². The second-order valence-corrected chi connectivity index (χ2v) is 12.0. The molecule has 0 fully saturated rings. The van der Waals surface area contributed by atoms with Gasteiger partial charge in [-0.2, -0.15) is 0 Å². The van der Waals surface area contributed by atoms with Crippen LogP contribution in [0.15, 0.2) is 77.7 Å². The molecule has 40 heavy (non-hydrogen) atoms. The monoisotopic (exact) mass is 585 g/mol. The van der Waals surface area contributed by atoms with Crippen LogP contribution in [0.2, 0.25) is 5.02 Å². The molecule has 0 spiro atoms. The molecule has 1 atom stereocenters. The molecule has 8 nitrogen and oxygen atoms in total. The predicted octanol–water partition coefficient (Wildman–Crippen LogP) is 5.18. The normalized spacial score (nSPS) is 12.1. The van der Waals surface area contributed by atoms with E-state index >= 15 is 0 Å². The van der Waals surface area contributed by atoms with Gasteiger partial charge in [0.15, 0.2) is 0 Å². The molecule has 0 heterocycles. The predicted molar refractivity (Wildman–Crippen MR) is 158 cm³/mol. The summed E-state index contributed by atoms with van der Waals surface area (Å²) in [5.74, 6) is -0.467. The molecular weight excluding hydrogens is 550 g/mol. The van der Waals surface area contributed by atoms with E-state index in [1.54, 1.807) is 18.2 Å². The summed E-state index contributed by atoms with van der Waals surface area (Å²) in [6.45, 7) is 6.95. The molecule has 3 rings (SSSR count). The van der Waals surface area contributed by atoms with Gasteiger partial charge in [-0.15, -0.1) is 0 Å². The number of nitrogens with one attached hydrogen (secondary N) is 1. The Bertz CT molecular complexity index is 1410. The van der Waals surface area contributed by atoms with Gasteiger partial charge in [0, 0.05) is 12.6 Å². The summed E-state index contributed by atoms with van der Waals surface area (Å²) < 4.78 is 34.2. The zero-order chi connectivity index (χ0) is 29.4. The lowest BCUT2D eigenvalue weighted by atomic mass is 10.1. The van der Waals surface area contributed by atoms with Crippen molar-refractivity contribution in [2.75, 3.05) is 18.0 Å². The highest BCUT2D eigenvalue weighted by molar-refractivity contribution is 7.92. The van der Waals surface area contributed by atoms with E-state index in [4.69, 9.17) is 16.3 Å². The van der Waals surface area contributed by atoms with E-state index in [-0.39, 0.29) is 34.1 Å². The average molecular weight is 586 g/mol. The number of anilines is 1. The number of nitrogens with zero attached hydrogens (tertiary/aromatic N) is 2. The fraction of sp³-hybridized carbons (Fsp3) is 0.333. The largest absolute Gasteiger partial charge is 0.495 e. The van der Waals surface area contributed by atoms with Crippen molar-refractivity contribution in [3.63, 3.8) is 0 Å². The van der Waals surface area contributed by atoms with Crippen LogP contribution in [0.5, 0.6) is 5.75 Å². The number of halogens is 1. The first kappa shape index (κ1) is 31.0. The summed E-state index contributed by atoms with van der Waals surface area (Å²) in [6, 6.07) is 19.3. The fourth-order valence-electron chi connectivity index (χ4n) is 4.26. The van der Waals surface area contributed by atoms with Crippen LogP contribution < -0.4 is 14.4 Å². The summed E-state index contributed by atoms with van der Waals surface area (Å²) >= 11 is 6.37. The van der Waals surface area contributed by atoms with Crippen LogP contribution in [0.25, 0.3) is 0 Å². The molecule has 3 aromatic carbocycles. The van der Waals surface area contributed by atoms with Gasteiger partial charge in [0.25, 0.3) is 10.0 Å². The van der Waals surface area contributed by atoms with Crippen molar-refractivity contribution in [3.8, 4) is 5.75 Å². The number of methoxy groups -OCH3 is 1. The van der Waals surface area contributed by atoms with E-state index in [1.165, 1.54) is 36.3 Å². The molecule has 0 saturated carbocycles. The molecule has 2 amide bonds. The van der Waals surface area contributed by atoms with Gasteiger partial charge in [0.2, 0.25) is 11.8 Å². The van der Waals surface area contributed by atoms with E-state index in [0.717, 1.165) is 15.4 Å². The van der Waals surface area contributed by atoms with Crippen molar-refractivity contribution in [1.82, 2.24) is 10.2 Å². The molecular formula is C30H36ClN3O5S. The van der Waals surface area contributed by atoms with E-state index in [1.807, 2.05) is 58.0 Å². The Kier molecular flexibility index (Phi) is 10.6. The van der Waals surface area contributed by atoms with Crippen LogP contribution in [-0.2, 0) is 26.2 Å². The number of ether oxygens (including phenoxy) is 1. The maximum absolute atomic E-state index is 14.0. The van der Waals surface area contributed by atoms with Gasteiger partial charge in [-0.05, 0) is 63.1 Å². The quantitative estimate of drug-likeness (QED) is 0.316. The third-order valence-electron chi connectivity index (χ3n) is 6.32. The Hall–Kier alpha value is -3.56. The molecule has 0 aromatic heterocycles. The molecule has 0 aliphatic heterocycles. The van der Waals surface area contributed by atoms with Gasteiger partial charge in [0.05, 0.1) is 22.7 Å². The van der Waals surface area contributed by atoms with Crippen molar-refractivity contribution < 1.29 is 22.7 Å². The third-order valence-corrected chi connectivity index (χ3v) is 8.41. The molecule has 1 N–H and O–H groups in total. The lowest BCUT2D eigenvalue weighted by molar-refractivity contribution is -0.140. The molecule has 0 aliphatic carbocycles. The lowest BCUT2D eigenvalue weighted by Gasteiger charge is -2.33. The Morgan fingerprint density at radius 2 is 1.65 bits per heavy atom. The van der Waals surface area contributed by atoms with Crippen molar-refractivity contribution in [3.05, 3.63) is 88.9 Å². The fourth-order valence-corrected chi connectivity index (χ4v) is 5.91. The van der Waals surface area contributed by atoms with Gasteiger partial charge in [-0.3, -0.25) is 13.9 Å². The van der Waals surface area contributed by atoms with Crippen LogP contribution in [0.4, 0.5) is 5.69 Å². The molecule has 1 unspecified atom stereocenters. The molecule has 0 radical (unpaired) electrons. The molecule has 0 saturated heterocycles. The summed E-state index contributed by atoms with van der Waals surface area (Å²) in [6.07, 6.45) is 0.343. The number of carbonyl (C=O) groups excluding carboxylic acids is 2. The Balaban J connectivity index is 2.09. The van der Waals surface area contributed by atoms with Gasteiger partial charge in [-0.25, -0.2) is 8.42 Å². The third kappa shape index (κ3) is 7.55. The number of carbonyl (C=O) groups is 2. The number of amides is 2. The molecule has 0 aliphatic rings. The molecule has 3 aromatic rings. The first-order chi connectivity index (χ1) is 19.0. The van der Waals surface area contributed by atoms with Crippen molar-refractivity contribution in [2.24, 2.45) is 0 Å². The Morgan fingerprint density at radius 1 is 1.00 bits per heavy atom. The van der Waals surface area contributed by atoms with Crippen LogP contribution in [0.3, 0.4) is 0 Å². The maximum atomic E-state index is 14.0. The zero-order valence-electron chi connectivity index (χ0n) is 23.4. The highest BCUT2D eigenvalue weighted by Crippen LogP contribution is 2.32. The minimum Gasteiger partial charge on any atom is -0.495 e. The van der Waals surface area contributed by atoms with Crippen molar-refractivity contribution in [2.45, 2.75) is 57.6 Å².